The van der Waals surface area contributed by atoms with Crippen LogP contribution < -0.4 is 10.6 Å². The molecule has 4 aromatic rings. The number of hydrogen-bond donors (Lipinski definition) is 3. The Morgan fingerprint density at radius 1 is 1.08 bits per heavy atom. The molecular formula is C28H25N5O5. The third-order valence-electron chi connectivity index (χ3n) is 5.81. The molecule has 0 aliphatic rings. The average molecular weight is 512 g/mol. The molecule has 38 heavy (non-hydrogen) atoms. The fourth-order valence-electron chi connectivity index (χ4n) is 3.77. The molecule has 2 unspecified atom stereocenters. The van der Waals surface area contributed by atoms with Gasteiger partial charge in [-0.05, 0) is 36.6 Å². The van der Waals surface area contributed by atoms with E-state index in [9.17, 15) is 20.0 Å². The second-order valence-corrected chi connectivity index (χ2v) is 8.47. The number of carbonyl (C=O) groups excluding carboxylic acids is 1. The van der Waals surface area contributed by atoms with Crippen molar-refractivity contribution in [2.24, 2.45) is 5.92 Å². The zero-order valence-electron chi connectivity index (χ0n) is 20.5. The largest absolute Gasteiger partial charge is 0.481 e. The predicted molar refractivity (Wildman–Crippen MR) is 139 cm³/mol. The first-order valence-electron chi connectivity index (χ1n) is 11.8. The summed E-state index contributed by atoms with van der Waals surface area (Å²) in [6.45, 7) is 1.91. The van der Waals surface area contributed by atoms with Gasteiger partial charge in [-0.2, -0.15) is 5.26 Å². The third-order valence-corrected chi connectivity index (χ3v) is 5.81. The summed E-state index contributed by atoms with van der Waals surface area (Å²) in [7, 11) is 0. The molecule has 0 spiro atoms. The molecule has 0 aliphatic heterocycles. The number of amides is 1. The first kappa shape index (κ1) is 25.9. The van der Waals surface area contributed by atoms with Gasteiger partial charge in [-0.3, -0.25) is 10.1 Å². The summed E-state index contributed by atoms with van der Waals surface area (Å²) >= 11 is 0. The number of carbonyl (C=O) groups is 2. The Hall–Kier alpha value is -5.17. The number of aromatic nitrogens is 2. The van der Waals surface area contributed by atoms with Crippen molar-refractivity contribution in [2.45, 2.75) is 19.4 Å². The molecule has 4 rings (SSSR count). The van der Waals surface area contributed by atoms with E-state index < -0.39 is 24.1 Å². The van der Waals surface area contributed by atoms with Crippen molar-refractivity contribution in [3.05, 3.63) is 95.8 Å². The monoisotopic (exact) mass is 511 g/mol. The molecule has 0 fully saturated rings. The highest BCUT2D eigenvalue weighted by Crippen LogP contribution is 2.31. The van der Waals surface area contributed by atoms with E-state index in [-0.39, 0.29) is 23.7 Å². The number of nitrogens with one attached hydrogen (secondary N) is 2. The van der Waals surface area contributed by atoms with Crippen LogP contribution in [-0.4, -0.2) is 33.9 Å². The normalized spacial score (nSPS) is 12.1. The molecule has 10 nitrogen and oxygen atoms in total. The van der Waals surface area contributed by atoms with Crippen LogP contribution >= 0.6 is 0 Å². The summed E-state index contributed by atoms with van der Waals surface area (Å²) < 4.78 is 10.8. The quantitative estimate of drug-likeness (QED) is 0.258. The number of rotatable bonds is 10. The van der Waals surface area contributed by atoms with Crippen LogP contribution in [0.2, 0.25) is 0 Å². The average Bonchev–Trinajstić information content (AvgIpc) is 3.34. The van der Waals surface area contributed by atoms with Gasteiger partial charge < -0.3 is 19.7 Å². The molecule has 192 valence electrons. The Labute approximate surface area is 218 Å². The number of benzene rings is 2. The third kappa shape index (κ3) is 6.53. The van der Waals surface area contributed by atoms with Gasteiger partial charge in [0.1, 0.15) is 23.7 Å². The van der Waals surface area contributed by atoms with Crippen molar-refractivity contribution < 1.29 is 24.0 Å². The number of nitriles is 1. The molecule has 0 radical (unpaired) electrons. The lowest BCUT2D eigenvalue weighted by atomic mass is 9.99. The molecule has 2 heterocycles. The number of nitrogens with zero attached hydrogens (tertiary/aromatic N) is 3. The van der Waals surface area contributed by atoms with Crippen LogP contribution in [0.1, 0.15) is 29.8 Å². The van der Waals surface area contributed by atoms with Crippen LogP contribution in [0.3, 0.4) is 0 Å². The fourth-order valence-corrected chi connectivity index (χ4v) is 3.77. The minimum Gasteiger partial charge on any atom is -0.481 e. The molecule has 0 saturated heterocycles. The zero-order chi connectivity index (χ0) is 26.9. The maximum Gasteiger partial charge on any atom is 0.412 e. The highest BCUT2D eigenvalue weighted by Gasteiger charge is 2.23. The van der Waals surface area contributed by atoms with Crippen molar-refractivity contribution in [2.75, 3.05) is 17.2 Å². The number of carboxylic acid groups (broad SMARTS) is 1. The lowest BCUT2D eigenvalue weighted by Gasteiger charge is -2.14. The van der Waals surface area contributed by atoms with Gasteiger partial charge in [0.2, 0.25) is 5.69 Å². The zero-order valence-corrected chi connectivity index (χ0v) is 20.5. The molecular weight excluding hydrogens is 486 g/mol. The second-order valence-electron chi connectivity index (χ2n) is 8.47. The number of ether oxygens (including phenoxy) is 1. The Morgan fingerprint density at radius 2 is 1.79 bits per heavy atom. The van der Waals surface area contributed by atoms with Crippen molar-refractivity contribution in [3.8, 4) is 17.4 Å². The van der Waals surface area contributed by atoms with E-state index in [1.807, 2.05) is 66.7 Å². The summed E-state index contributed by atoms with van der Waals surface area (Å²) in [6, 6.07) is 23.8. The first-order valence-corrected chi connectivity index (χ1v) is 11.8. The maximum atomic E-state index is 12.5. The number of carboxylic acids is 1. The van der Waals surface area contributed by atoms with Crippen molar-refractivity contribution in [3.63, 3.8) is 0 Å². The van der Waals surface area contributed by atoms with E-state index in [2.05, 4.69) is 20.8 Å². The van der Waals surface area contributed by atoms with Crippen LogP contribution in [0.5, 0.6) is 0 Å². The Kier molecular flexibility index (Phi) is 8.31. The summed E-state index contributed by atoms with van der Waals surface area (Å²) in [5.74, 6) is -0.963. The van der Waals surface area contributed by atoms with E-state index in [1.165, 1.54) is 6.20 Å². The van der Waals surface area contributed by atoms with Crippen LogP contribution in [-0.2, 0) is 16.0 Å². The minimum absolute atomic E-state index is 0.0640. The van der Waals surface area contributed by atoms with Gasteiger partial charge >= 0.3 is 12.1 Å². The molecule has 3 N–H and O–H groups in total. The van der Waals surface area contributed by atoms with Crippen molar-refractivity contribution >= 4 is 23.6 Å². The Balaban J connectivity index is 1.42. The smallest absolute Gasteiger partial charge is 0.412 e. The van der Waals surface area contributed by atoms with Gasteiger partial charge in [0.15, 0.2) is 5.76 Å². The van der Waals surface area contributed by atoms with Crippen LogP contribution in [0.25, 0.3) is 11.3 Å². The van der Waals surface area contributed by atoms with E-state index in [0.717, 1.165) is 11.1 Å². The van der Waals surface area contributed by atoms with E-state index in [0.29, 0.717) is 17.8 Å². The highest BCUT2D eigenvalue weighted by molar-refractivity contribution is 5.91. The predicted octanol–water partition coefficient (Wildman–Crippen LogP) is 5.27. The fraction of sp³-hybridized carbons (Fsp3) is 0.179. The van der Waals surface area contributed by atoms with Crippen molar-refractivity contribution in [1.82, 2.24) is 10.1 Å². The molecule has 0 aliphatic carbocycles. The number of hydrogen-bond acceptors (Lipinski definition) is 8. The van der Waals surface area contributed by atoms with Gasteiger partial charge in [-0.15, -0.1) is 0 Å². The minimum atomic E-state index is -0.909. The number of anilines is 2. The van der Waals surface area contributed by atoms with Crippen LogP contribution in [0.4, 0.5) is 16.3 Å². The molecule has 10 heteroatoms. The van der Waals surface area contributed by atoms with Gasteiger partial charge in [0, 0.05) is 18.3 Å². The molecule has 2 atom stereocenters. The Morgan fingerprint density at radius 3 is 2.42 bits per heavy atom. The van der Waals surface area contributed by atoms with Crippen LogP contribution in [0.15, 0.2) is 83.5 Å². The van der Waals surface area contributed by atoms with Crippen molar-refractivity contribution in [1.29, 1.82) is 5.26 Å². The van der Waals surface area contributed by atoms with Gasteiger partial charge in [-0.1, -0.05) is 65.8 Å². The molecule has 2 aromatic carbocycles. The van der Waals surface area contributed by atoms with Gasteiger partial charge in [0.05, 0.1) is 5.92 Å². The number of aliphatic carboxylic acids is 1. The summed E-state index contributed by atoms with van der Waals surface area (Å²) in [5, 5.41) is 28.4. The molecule has 2 aromatic heterocycles. The lowest BCUT2D eigenvalue weighted by Crippen LogP contribution is -2.25. The lowest BCUT2D eigenvalue weighted by molar-refractivity contribution is -0.141. The summed E-state index contributed by atoms with van der Waals surface area (Å²) in [4.78, 5) is 28.6. The standard InChI is InChI=1S/C28H25N5O5/c1-18(20-10-6-3-7-11-20)37-28(36)32-25-23(15-29)33-38-26(25)21-12-13-24(30-16-21)31-17-22(27(34)35)14-19-8-4-2-5-9-19/h2-13,16,18,22H,14,17H2,1H3,(H,30,31)(H,32,36)(H,34,35). The topological polar surface area (TPSA) is 150 Å². The first-order chi connectivity index (χ1) is 18.4. The highest BCUT2D eigenvalue weighted by atomic mass is 16.6. The second kappa shape index (κ2) is 12.2. The van der Waals surface area contributed by atoms with E-state index in [4.69, 9.17) is 9.26 Å². The Bertz CT molecular complexity index is 1420. The van der Waals surface area contributed by atoms with Gasteiger partial charge in [-0.25, -0.2) is 9.78 Å². The SMILES string of the molecule is CC(OC(=O)Nc1c(C#N)noc1-c1ccc(NCC(Cc2ccccc2)C(=O)O)nc1)c1ccccc1. The molecule has 0 saturated carbocycles. The van der Waals surface area contributed by atoms with E-state index in [1.54, 1.807) is 19.1 Å². The van der Waals surface area contributed by atoms with Gasteiger partial charge in [0.25, 0.3) is 0 Å². The number of pyridine rings is 1. The summed E-state index contributed by atoms with van der Waals surface area (Å²) in [6.07, 6.45) is 0.560. The van der Waals surface area contributed by atoms with E-state index >= 15 is 0 Å². The summed E-state index contributed by atoms with van der Waals surface area (Å²) in [5.41, 5.74) is 2.15. The molecule has 1 amide bonds. The van der Waals surface area contributed by atoms with Crippen LogP contribution in [0, 0.1) is 17.2 Å². The maximum absolute atomic E-state index is 12.5. The molecule has 0 bridgehead atoms.